The zero-order chi connectivity index (χ0) is 5.98. The quantitative estimate of drug-likeness (QED) is 0.441. The van der Waals surface area contributed by atoms with Gasteiger partial charge in [0.15, 0.2) is 0 Å². The maximum Gasteiger partial charge on any atom is 0.0665 e. The normalized spacial score (nSPS) is 45.6. The summed E-state index contributed by atoms with van der Waals surface area (Å²) in [7, 11) is 0. The summed E-state index contributed by atoms with van der Waals surface area (Å²) in [6.45, 7) is 0.451. The van der Waals surface area contributed by atoms with Crippen molar-refractivity contribution in [2.45, 2.75) is 18.9 Å². The molecule has 0 aliphatic carbocycles. The van der Waals surface area contributed by atoms with Gasteiger partial charge in [-0.3, -0.25) is 0 Å². The van der Waals surface area contributed by atoms with Crippen molar-refractivity contribution in [1.29, 1.82) is 0 Å². The van der Waals surface area contributed by atoms with Gasteiger partial charge in [-0.05, 0) is 19.4 Å². The predicted octanol–water partition coefficient (Wildman–Crippen LogP) is -0.269. The molecule has 2 N–H and O–H groups in total. The highest BCUT2D eigenvalue weighted by Crippen LogP contribution is 1.98. The van der Waals surface area contributed by atoms with Crippen LogP contribution in [0.5, 0.6) is 0 Å². The highest BCUT2D eigenvalue weighted by Gasteiger charge is 2.06. The van der Waals surface area contributed by atoms with E-state index < -0.39 is 0 Å². The van der Waals surface area contributed by atoms with Gasteiger partial charge in [0, 0.05) is 7.92 Å². The molecule has 2 heteroatoms. The molecule has 1 heterocycles. The fourth-order valence-corrected chi connectivity index (χ4v) is 0.699. The van der Waals surface area contributed by atoms with Crippen molar-refractivity contribution in [2.24, 2.45) is 0 Å². The second-order valence-electron chi connectivity index (χ2n) is 1.84. The lowest BCUT2D eigenvalue weighted by Gasteiger charge is -2.16. The number of hydrogen-bond donors (Lipinski definition) is 2. The van der Waals surface area contributed by atoms with E-state index >= 15 is 0 Å². The molecule has 0 amide bonds. The van der Waals surface area contributed by atoms with Crippen LogP contribution in [0.3, 0.4) is 0 Å². The lowest BCUT2D eigenvalue weighted by atomic mass is 10.1. The molecule has 2 atom stereocenters. The van der Waals surface area contributed by atoms with Gasteiger partial charge in [0.25, 0.3) is 0 Å². The van der Waals surface area contributed by atoms with E-state index in [1.54, 1.807) is 0 Å². The Balaban J connectivity index is 2.19. The van der Waals surface area contributed by atoms with Crippen LogP contribution >= 0.6 is 0 Å². The van der Waals surface area contributed by atoms with Crippen LogP contribution in [0, 0.1) is 0 Å². The Bertz CT molecular complexity index is 60.8. The molecule has 42 valence electrons. The number of rotatable bonds is 0. The van der Waals surface area contributed by atoms with E-state index in [1.807, 2.05) is 0 Å². The summed E-state index contributed by atoms with van der Waals surface area (Å²) < 4.78 is 7.14. The maximum absolute atomic E-state index is 8.88. The van der Waals surface area contributed by atoms with Crippen LogP contribution < -0.4 is 5.32 Å². The summed E-state index contributed by atoms with van der Waals surface area (Å²) in [5.41, 5.74) is 0. The Morgan fingerprint density at radius 3 is 3.14 bits per heavy atom. The predicted molar refractivity (Wildman–Crippen MR) is 28.1 cm³/mol. The van der Waals surface area contributed by atoms with Gasteiger partial charge in [-0.15, -0.1) is 0 Å². The third-order valence-corrected chi connectivity index (χ3v) is 1.14. The van der Waals surface area contributed by atoms with E-state index in [4.69, 9.17) is 6.48 Å². The summed E-state index contributed by atoms with van der Waals surface area (Å²) in [5, 5.41) is 11.7. The zero-order valence-corrected chi connectivity index (χ0v) is 4.22. The second-order valence-corrected chi connectivity index (χ2v) is 1.84. The summed E-state index contributed by atoms with van der Waals surface area (Å²) in [5.74, 6) is 0. The number of β-amino-alcohol motifs (C(OH)–C–C–N with tert-alkyl or cyclic N) is 1. The van der Waals surface area contributed by atoms with E-state index in [1.165, 1.54) is 0 Å². The molecule has 7 heavy (non-hydrogen) atoms. The van der Waals surface area contributed by atoms with E-state index in [0.717, 1.165) is 12.8 Å². The summed E-state index contributed by atoms with van der Waals surface area (Å²) in [4.78, 5) is 0. The van der Waals surface area contributed by atoms with Gasteiger partial charge in [0.1, 0.15) is 0 Å². The maximum atomic E-state index is 8.88. The molecule has 0 aromatic heterocycles. The van der Waals surface area contributed by atoms with Crippen LogP contribution in [0.15, 0.2) is 0 Å². The first-order valence-corrected chi connectivity index (χ1v) is 2.63. The fourth-order valence-electron chi connectivity index (χ4n) is 0.699. The number of aliphatic hydroxyl groups is 1. The first-order chi connectivity index (χ1) is 3.79. The lowest BCUT2D eigenvalue weighted by molar-refractivity contribution is 0.142. The molecule has 0 aromatic rings. The van der Waals surface area contributed by atoms with Gasteiger partial charge in [-0.2, -0.15) is 0 Å². The van der Waals surface area contributed by atoms with Gasteiger partial charge in [-0.25, -0.2) is 0 Å². The topological polar surface area (TPSA) is 32.3 Å². The van der Waals surface area contributed by atoms with E-state index in [-0.39, 0.29) is 12.6 Å². The highest BCUT2D eigenvalue weighted by atomic mass is 16.3. The van der Waals surface area contributed by atoms with Crippen LogP contribution in [-0.4, -0.2) is 24.3 Å². The Hall–Kier alpha value is -0.0800. The molecular weight excluding hydrogens is 90.1 g/mol. The lowest BCUT2D eigenvalue weighted by Crippen LogP contribution is -2.33. The molecule has 1 aliphatic rings. The third-order valence-electron chi connectivity index (χ3n) is 1.14. The van der Waals surface area contributed by atoms with Gasteiger partial charge >= 0.3 is 0 Å². The smallest absolute Gasteiger partial charge is 0.0665 e. The first kappa shape index (κ1) is 3.87. The van der Waals surface area contributed by atoms with Crippen molar-refractivity contribution >= 4 is 0 Å². The molecule has 1 rings (SSSR count). The van der Waals surface area contributed by atoms with E-state index in [2.05, 4.69) is 5.32 Å². The van der Waals surface area contributed by atoms with Crippen molar-refractivity contribution in [1.82, 2.24) is 5.32 Å². The highest BCUT2D eigenvalue weighted by molar-refractivity contribution is 4.65. The molecular formula is C5H11NO. The Labute approximate surface area is 44.9 Å². The van der Waals surface area contributed by atoms with E-state index in [9.17, 15) is 0 Å². The van der Waals surface area contributed by atoms with Crippen molar-refractivity contribution in [3.05, 3.63) is 0 Å². The standard InChI is InChI=1S/C5H11NO/c7-5-2-1-3-6-4-5/h5-7H,1-4H2/i3D. The van der Waals surface area contributed by atoms with Crippen LogP contribution in [-0.2, 0) is 0 Å². The molecule has 2 nitrogen and oxygen atoms in total. The van der Waals surface area contributed by atoms with Gasteiger partial charge < -0.3 is 10.4 Å². The molecule has 0 radical (unpaired) electrons. The Morgan fingerprint density at radius 1 is 1.86 bits per heavy atom. The Morgan fingerprint density at radius 2 is 2.71 bits per heavy atom. The summed E-state index contributed by atoms with van der Waals surface area (Å²) in [6.07, 6.45) is 1.35. The molecule has 1 fully saturated rings. The number of nitrogens with one attached hydrogen (secondary N) is 1. The first-order valence-electron chi connectivity index (χ1n) is 3.20. The average Bonchev–Trinajstić information content (AvgIpc) is 1.77. The molecule has 0 bridgehead atoms. The number of hydrogen-bond acceptors (Lipinski definition) is 2. The van der Waals surface area contributed by atoms with Crippen molar-refractivity contribution in [3.8, 4) is 0 Å². The SMILES string of the molecule is [2H]C1CCC(O)CN1. The third kappa shape index (κ3) is 1.45. The van der Waals surface area contributed by atoms with Crippen molar-refractivity contribution in [2.75, 3.05) is 13.1 Å². The number of aliphatic hydroxyl groups excluding tert-OH is 1. The summed E-state index contributed by atoms with van der Waals surface area (Å²) >= 11 is 0. The minimum Gasteiger partial charge on any atom is -0.392 e. The molecule has 0 saturated carbocycles. The van der Waals surface area contributed by atoms with Crippen LogP contribution in [0.4, 0.5) is 0 Å². The number of piperidine rings is 1. The zero-order valence-electron chi connectivity index (χ0n) is 5.22. The second kappa shape index (κ2) is 2.28. The Kier molecular flexibility index (Phi) is 1.26. The van der Waals surface area contributed by atoms with Crippen molar-refractivity contribution in [3.63, 3.8) is 0 Å². The fraction of sp³-hybridized carbons (Fsp3) is 1.00. The van der Waals surface area contributed by atoms with E-state index in [0.29, 0.717) is 6.54 Å². The van der Waals surface area contributed by atoms with Gasteiger partial charge in [0.05, 0.1) is 6.10 Å². The monoisotopic (exact) mass is 102 g/mol. The largest absolute Gasteiger partial charge is 0.392 e. The van der Waals surface area contributed by atoms with Crippen LogP contribution in [0.1, 0.15) is 14.2 Å². The average molecular weight is 102 g/mol. The molecule has 0 spiro atoms. The minimum atomic E-state index is -0.211. The molecule has 1 saturated heterocycles. The summed E-state index contributed by atoms with van der Waals surface area (Å²) in [6, 6.07) is 0. The molecule has 1 aliphatic heterocycles. The van der Waals surface area contributed by atoms with Crippen LogP contribution in [0.2, 0.25) is 0 Å². The van der Waals surface area contributed by atoms with Crippen molar-refractivity contribution < 1.29 is 6.48 Å². The minimum absolute atomic E-state index is 0.140. The molecule has 0 aromatic carbocycles. The van der Waals surface area contributed by atoms with Crippen LogP contribution in [0.25, 0.3) is 0 Å². The van der Waals surface area contributed by atoms with Gasteiger partial charge in [-0.1, -0.05) is 0 Å². The van der Waals surface area contributed by atoms with Gasteiger partial charge in [0.2, 0.25) is 0 Å². The molecule has 2 unspecified atom stereocenters.